The van der Waals surface area contributed by atoms with Crippen LogP contribution in [-0.4, -0.2) is 67.6 Å². The van der Waals surface area contributed by atoms with E-state index in [1.807, 2.05) is 65.8 Å². The molecule has 1 N–H and O–H groups in total. The van der Waals surface area contributed by atoms with Gasteiger partial charge in [-0.15, -0.1) is 5.10 Å². The van der Waals surface area contributed by atoms with Crippen molar-refractivity contribution in [3.63, 3.8) is 0 Å². The fourth-order valence-electron chi connectivity index (χ4n) is 5.38. The van der Waals surface area contributed by atoms with E-state index >= 15 is 0 Å². The fourth-order valence-corrected chi connectivity index (χ4v) is 5.38. The molecule has 6 rings (SSSR count). The molecule has 4 aromatic rings. The topological polar surface area (TPSA) is 82.9 Å². The molecule has 1 fully saturated rings. The number of nitrogens with one attached hydrogen (secondary N) is 1. The van der Waals surface area contributed by atoms with Crippen molar-refractivity contribution in [2.24, 2.45) is 5.41 Å². The third-order valence-corrected chi connectivity index (χ3v) is 7.04. The number of likely N-dealkylation sites (tertiary alicyclic amines) is 1. The second-order valence-corrected chi connectivity index (χ2v) is 9.58. The number of fused-ring (bicyclic) bond motifs is 1. The number of aromatic amines is 1. The summed E-state index contributed by atoms with van der Waals surface area (Å²) in [5, 5.41) is 17.0. The Morgan fingerprint density at radius 2 is 1.94 bits per heavy atom. The minimum atomic E-state index is 0.0392. The van der Waals surface area contributed by atoms with Gasteiger partial charge in [0.1, 0.15) is 11.4 Å². The number of carbonyl (C=O) groups is 1. The molecule has 2 aliphatic heterocycles. The highest BCUT2D eigenvalue weighted by Crippen LogP contribution is 2.37. The van der Waals surface area contributed by atoms with Crippen molar-refractivity contribution in [3.8, 4) is 17.1 Å². The van der Waals surface area contributed by atoms with E-state index in [2.05, 4.69) is 38.5 Å². The van der Waals surface area contributed by atoms with E-state index in [9.17, 15) is 4.79 Å². The van der Waals surface area contributed by atoms with Crippen molar-refractivity contribution in [3.05, 3.63) is 72.6 Å². The number of benzene rings is 2. The van der Waals surface area contributed by atoms with Gasteiger partial charge in [0.2, 0.25) is 0 Å². The number of allylic oxidation sites excluding steroid dienone is 1. The molecule has 1 saturated heterocycles. The Morgan fingerprint density at radius 3 is 2.79 bits per heavy atom. The zero-order valence-corrected chi connectivity index (χ0v) is 19.2. The van der Waals surface area contributed by atoms with E-state index < -0.39 is 0 Å². The van der Waals surface area contributed by atoms with Crippen LogP contribution in [0.4, 0.5) is 0 Å². The van der Waals surface area contributed by atoms with Crippen molar-refractivity contribution >= 4 is 16.8 Å². The quantitative estimate of drug-likeness (QED) is 0.509. The Bertz CT molecular complexity index is 1370. The number of carbonyl (C=O) groups excluding carboxylic acids is 1. The van der Waals surface area contributed by atoms with Crippen molar-refractivity contribution in [1.29, 1.82) is 0 Å². The molecule has 0 aliphatic carbocycles. The number of H-pyrrole nitrogens is 1. The third kappa shape index (κ3) is 3.70. The highest BCUT2D eigenvalue weighted by atomic mass is 16.2. The molecule has 34 heavy (non-hydrogen) atoms. The van der Waals surface area contributed by atoms with E-state index in [0.29, 0.717) is 11.3 Å². The number of nitrogens with zero attached hydrogens (tertiary/aromatic N) is 6. The van der Waals surface area contributed by atoms with Crippen molar-refractivity contribution in [1.82, 2.24) is 35.0 Å². The van der Waals surface area contributed by atoms with E-state index in [1.165, 1.54) is 12.8 Å². The van der Waals surface area contributed by atoms with Gasteiger partial charge in [-0.05, 0) is 63.2 Å². The number of piperidine rings is 1. The summed E-state index contributed by atoms with van der Waals surface area (Å²) in [6.07, 6.45) is 9.37. The molecule has 0 saturated carbocycles. The lowest BCUT2D eigenvalue weighted by atomic mass is 9.75. The Kier molecular flexibility index (Phi) is 5.03. The Morgan fingerprint density at radius 1 is 1.09 bits per heavy atom. The summed E-state index contributed by atoms with van der Waals surface area (Å²) >= 11 is 0. The largest absolute Gasteiger partial charge is 0.315 e. The van der Waals surface area contributed by atoms with Crippen molar-refractivity contribution < 1.29 is 4.79 Å². The zero-order chi connectivity index (χ0) is 23.1. The first-order valence-electron chi connectivity index (χ1n) is 11.7. The maximum absolute atomic E-state index is 13.3. The summed E-state index contributed by atoms with van der Waals surface area (Å²) < 4.78 is 1.71. The van der Waals surface area contributed by atoms with Crippen LogP contribution in [0.2, 0.25) is 0 Å². The molecule has 1 spiro atoms. The molecule has 1 atom stereocenters. The van der Waals surface area contributed by atoms with Crippen molar-refractivity contribution in [2.45, 2.75) is 19.3 Å². The van der Waals surface area contributed by atoms with Gasteiger partial charge in [-0.1, -0.05) is 29.5 Å². The van der Waals surface area contributed by atoms with Crippen LogP contribution in [0.1, 0.15) is 29.6 Å². The maximum atomic E-state index is 13.3. The summed E-state index contributed by atoms with van der Waals surface area (Å²) in [4.78, 5) is 17.5. The molecule has 172 valence electrons. The van der Waals surface area contributed by atoms with Gasteiger partial charge in [-0.25, -0.2) is 4.68 Å². The first-order chi connectivity index (χ1) is 16.6. The predicted octanol–water partition coefficient (Wildman–Crippen LogP) is 3.88. The summed E-state index contributed by atoms with van der Waals surface area (Å²) in [7, 11) is 2.17. The molecular weight excluding hydrogens is 426 g/mol. The van der Waals surface area contributed by atoms with Gasteiger partial charge < -0.3 is 9.80 Å². The lowest BCUT2D eigenvalue weighted by molar-refractivity contribution is 0.0530. The molecule has 4 heterocycles. The van der Waals surface area contributed by atoms with Crippen LogP contribution in [-0.2, 0) is 0 Å². The monoisotopic (exact) mass is 453 g/mol. The van der Waals surface area contributed by atoms with Crippen molar-refractivity contribution in [2.75, 3.05) is 26.7 Å². The predicted molar refractivity (Wildman–Crippen MR) is 130 cm³/mol. The molecule has 0 radical (unpaired) electrons. The Hall–Kier alpha value is -3.78. The number of hydrogen-bond acceptors (Lipinski definition) is 5. The molecule has 1 amide bonds. The number of para-hydroxylation sites is 1. The van der Waals surface area contributed by atoms with Gasteiger partial charge in [0.15, 0.2) is 0 Å². The second kappa shape index (κ2) is 8.22. The summed E-state index contributed by atoms with van der Waals surface area (Å²) in [5.41, 5.74) is 4.11. The lowest BCUT2D eigenvalue weighted by Gasteiger charge is -2.45. The Balaban J connectivity index is 1.20. The summed E-state index contributed by atoms with van der Waals surface area (Å²) in [6.45, 7) is 2.96. The van der Waals surface area contributed by atoms with Crippen LogP contribution in [0.5, 0.6) is 0 Å². The first-order valence-corrected chi connectivity index (χ1v) is 11.7. The lowest BCUT2D eigenvalue weighted by Crippen LogP contribution is -2.49. The number of aromatic nitrogens is 5. The van der Waals surface area contributed by atoms with Crippen LogP contribution in [0, 0.1) is 5.41 Å². The van der Waals surface area contributed by atoms with Crippen LogP contribution in [0.15, 0.2) is 67.0 Å². The van der Waals surface area contributed by atoms with E-state index in [4.69, 9.17) is 0 Å². The van der Waals surface area contributed by atoms with E-state index in [-0.39, 0.29) is 11.3 Å². The second-order valence-electron chi connectivity index (χ2n) is 9.58. The van der Waals surface area contributed by atoms with Gasteiger partial charge in [-0.2, -0.15) is 5.10 Å². The molecule has 2 aromatic heterocycles. The fraction of sp³-hybridized carbons (Fsp3) is 0.308. The highest BCUT2D eigenvalue weighted by molar-refractivity contribution is 5.95. The van der Waals surface area contributed by atoms with Gasteiger partial charge >= 0.3 is 0 Å². The van der Waals surface area contributed by atoms with Crippen LogP contribution < -0.4 is 0 Å². The van der Waals surface area contributed by atoms with Crippen LogP contribution >= 0.6 is 0 Å². The van der Waals surface area contributed by atoms with E-state index in [1.54, 1.807) is 4.68 Å². The number of hydrogen-bond donors (Lipinski definition) is 1. The maximum Gasteiger partial charge on any atom is 0.257 e. The number of amides is 1. The minimum absolute atomic E-state index is 0.0392. The molecule has 8 heteroatoms. The zero-order valence-electron chi connectivity index (χ0n) is 19.2. The smallest absolute Gasteiger partial charge is 0.257 e. The molecule has 2 aliphatic rings. The van der Waals surface area contributed by atoms with Gasteiger partial charge in [0, 0.05) is 35.7 Å². The van der Waals surface area contributed by atoms with Gasteiger partial charge in [0.25, 0.3) is 5.91 Å². The van der Waals surface area contributed by atoms with Crippen LogP contribution in [0.25, 0.3) is 28.0 Å². The average molecular weight is 454 g/mol. The van der Waals surface area contributed by atoms with Gasteiger partial charge in [-0.3, -0.25) is 9.89 Å². The minimum Gasteiger partial charge on any atom is -0.315 e. The molecule has 0 bridgehead atoms. The first kappa shape index (κ1) is 20.8. The number of rotatable bonds is 3. The molecule has 8 nitrogen and oxygen atoms in total. The van der Waals surface area contributed by atoms with E-state index in [0.717, 1.165) is 48.3 Å². The van der Waals surface area contributed by atoms with Gasteiger partial charge in [0.05, 0.1) is 17.4 Å². The third-order valence-electron chi connectivity index (χ3n) is 7.04. The summed E-state index contributed by atoms with van der Waals surface area (Å²) in [5.74, 6) is 0.0392. The Labute approximate surface area is 197 Å². The average Bonchev–Trinajstić information content (AvgIpc) is 3.51. The highest BCUT2D eigenvalue weighted by Gasteiger charge is 2.38. The van der Waals surface area contributed by atoms with Crippen LogP contribution in [0.3, 0.4) is 0 Å². The normalized spacial score (nSPS) is 20.9. The standard InChI is InChI=1S/C26H27N7O/c1-31-14-4-12-26(17-31)13-5-15-32(18-26)25(34)19-8-10-20(11-9-19)33-16-23(28-30-33)24-21-6-2-3-7-22(21)27-29-24/h2-3,5-11,15-16H,4,12-14,17-18H2,1H3,(H,27,29). The molecule has 2 aromatic carbocycles. The SMILES string of the molecule is CN1CCCC2(CC=CN(C(=O)c3ccc(-n4cc(-c5n[nH]c6ccccc56)nn4)cc3)C2)C1. The molecule has 1 unspecified atom stereocenters. The molecular formula is C26H27N7O. The summed E-state index contributed by atoms with van der Waals surface area (Å²) in [6, 6.07) is 15.5.